The zero-order valence-corrected chi connectivity index (χ0v) is 18.3. The molecule has 0 aliphatic rings. The topological polar surface area (TPSA) is 68.5 Å². The van der Waals surface area contributed by atoms with Crippen molar-refractivity contribution in [3.05, 3.63) is 99.2 Å². The van der Waals surface area contributed by atoms with Crippen molar-refractivity contribution < 1.29 is 13.9 Å². The van der Waals surface area contributed by atoms with E-state index in [1.807, 2.05) is 43.3 Å². The summed E-state index contributed by atoms with van der Waals surface area (Å²) in [6.45, 7) is 2.07. The lowest BCUT2D eigenvalue weighted by Gasteiger charge is -2.13. The molecule has 1 N–H and O–H groups in total. The van der Waals surface area contributed by atoms with E-state index in [4.69, 9.17) is 20.8 Å². The molecule has 162 valence electrons. The van der Waals surface area contributed by atoms with Gasteiger partial charge in [-0.05, 0) is 48.7 Å². The van der Waals surface area contributed by atoms with E-state index >= 15 is 0 Å². The number of benzene rings is 3. The van der Waals surface area contributed by atoms with Gasteiger partial charge in [-0.25, -0.2) is 0 Å². The Labute approximate surface area is 190 Å². The molecule has 0 bridgehead atoms. The molecule has 1 heterocycles. The summed E-state index contributed by atoms with van der Waals surface area (Å²) in [5.41, 5.74) is 2.69. The molecule has 1 amide bonds. The van der Waals surface area contributed by atoms with E-state index in [0.29, 0.717) is 34.5 Å². The highest BCUT2D eigenvalue weighted by atomic mass is 35.5. The Morgan fingerprint density at radius 2 is 1.78 bits per heavy atom. The monoisotopic (exact) mass is 447 g/mol. The highest BCUT2D eigenvalue weighted by molar-refractivity contribution is 6.33. The second-order valence-corrected chi connectivity index (χ2v) is 7.85. The summed E-state index contributed by atoms with van der Waals surface area (Å²) in [4.78, 5) is 25.5. The average molecular weight is 448 g/mol. The molecular weight excluding hydrogens is 426 g/mol. The molecule has 5 nitrogen and oxygen atoms in total. The molecule has 0 saturated heterocycles. The van der Waals surface area contributed by atoms with Gasteiger partial charge in [0, 0.05) is 12.1 Å². The molecule has 4 rings (SSSR count). The summed E-state index contributed by atoms with van der Waals surface area (Å²) in [5, 5.41) is 3.61. The third-order valence-corrected chi connectivity index (χ3v) is 5.38. The van der Waals surface area contributed by atoms with E-state index < -0.39 is 0 Å². The summed E-state index contributed by atoms with van der Waals surface area (Å²) in [6.07, 6.45) is 0.703. The fraction of sp³-hybridized carbons (Fsp3) is 0.154. The lowest BCUT2D eigenvalue weighted by atomic mass is 10.1. The average Bonchev–Trinajstić information content (AvgIpc) is 2.79. The molecule has 32 heavy (non-hydrogen) atoms. The first-order valence-electron chi connectivity index (χ1n) is 10.3. The quantitative estimate of drug-likeness (QED) is 0.425. The maximum absolute atomic E-state index is 13.2. The van der Waals surface area contributed by atoms with Crippen molar-refractivity contribution in [2.45, 2.75) is 13.3 Å². The van der Waals surface area contributed by atoms with Gasteiger partial charge in [0.2, 0.25) is 11.2 Å². The lowest BCUT2D eigenvalue weighted by Crippen LogP contribution is -2.31. The van der Waals surface area contributed by atoms with Gasteiger partial charge in [0.1, 0.15) is 5.58 Å². The minimum atomic E-state index is -0.349. The van der Waals surface area contributed by atoms with Crippen LogP contribution in [0, 0.1) is 6.92 Å². The van der Waals surface area contributed by atoms with Gasteiger partial charge < -0.3 is 14.5 Å². The van der Waals surface area contributed by atoms with Crippen LogP contribution < -0.4 is 15.5 Å². The van der Waals surface area contributed by atoms with E-state index in [1.54, 1.807) is 36.4 Å². The molecule has 1 aromatic heterocycles. The van der Waals surface area contributed by atoms with E-state index in [-0.39, 0.29) is 29.5 Å². The number of hydrogen-bond acceptors (Lipinski definition) is 4. The van der Waals surface area contributed by atoms with Crippen LogP contribution in [0.15, 0.2) is 82.0 Å². The Morgan fingerprint density at radius 1 is 1.03 bits per heavy atom. The van der Waals surface area contributed by atoms with Gasteiger partial charge >= 0.3 is 0 Å². The largest absolute Gasteiger partial charge is 0.476 e. The predicted molar refractivity (Wildman–Crippen MR) is 126 cm³/mol. The summed E-state index contributed by atoms with van der Waals surface area (Å²) in [6, 6.07) is 22.2. The minimum Gasteiger partial charge on any atom is -0.476 e. The van der Waals surface area contributed by atoms with Crippen LogP contribution in [0.1, 0.15) is 11.1 Å². The molecule has 0 fully saturated rings. The van der Waals surface area contributed by atoms with Crippen LogP contribution in [0.25, 0.3) is 22.3 Å². The lowest BCUT2D eigenvalue weighted by molar-refractivity contribution is -0.123. The van der Waals surface area contributed by atoms with Crippen molar-refractivity contribution in [3.8, 4) is 17.1 Å². The molecule has 0 unspecified atom stereocenters. The first-order chi connectivity index (χ1) is 15.5. The van der Waals surface area contributed by atoms with Gasteiger partial charge in [0.05, 0.1) is 10.4 Å². The van der Waals surface area contributed by atoms with Crippen LogP contribution in [0.2, 0.25) is 5.02 Å². The SMILES string of the molecule is Cc1ccc2c(=O)c(OCC(=O)NCCc3ccccc3)c(-c3ccccc3Cl)oc2c1. The van der Waals surface area contributed by atoms with Crippen LogP contribution >= 0.6 is 11.6 Å². The summed E-state index contributed by atoms with van der Waals surface area (Å²) in [7, 11) is 0. The number of aryl methyl sites for hydroxylation is 1. The van der Waals surface area contributed by atoms with E-state index in [9.17, 15) is 9.59 Å². The van der Waals surface area contributed by atoms with Gasteiger partial charge in [0.15, 0.2) is 12.4 Å². The standard InChI is InChI=1S/C26H22ClNO4/c1-17-11-12-20-22(15-17)32-25(19-9-5-6-10-21(19)27)26(24(20)30)31-16-23(29)28-14-13-18-7-3-2-4-8-18/h2-12,15H,13-14,16H2,1H3,(H,28,29). The van der Waals surface area contributed by atoms with Crippen molar-refractivity contribution in [2.24, 2.45) is 0 Å². The zero-order chi connectivity index (χ0) is 22.5. The minimum absolute atomic E-state index is 0.0346. The van der Waals surface area contributed by atoms with Gasteiger partial charge in [-0.1, -0.05) is 60.1 Å². The normalized spacial score (nSPS) is 10.8. The number of carbonyl (C=O) groups excluding carboxylic acids is 1. The summed E-state index contributed by atoms with van der Waals surface area (Å²) < 4.78 is 11.8. The van der Waals surface area contributed by atoms with Crippen LogP contribution in [0.3, 0.4) is 0 Å². The first kappa shape index (κ1) is 21.7. The molecule has 0 radical (unpaired) electrons. The third-order valence-electron chi connectivity index (χ3n) is 5.05. The van der Waals surface area contributed by atoms with E-state index in [1.165, 1.54) is 0 Å². The molecular formula is C26H22ClNO4. The Morgan fingerprint density at radius 3 is 2.56 bits per heavy atom. The smallest absolute Gasteiger partial charge is 0.257 e. The van der Waals surface area contributed by atoms with E-state index in [2.05, 4.69) is 5.32 Å². The molecule has 0 atom stereocenters. The Bertz CT molecular complexity index is 1310. The highest BCUT2D eigenvalue weighted by Gasteiger charge is 2.20. The van der Waals surface area contributed by atoms with E-state index in [0.717, 1.165) is 11.1 Å². The Kier molecular flexibility index (Phi) is 6.57. The number of hydrogen-bond donors (Lipinski definition) is 1. The number of ether oxygens (including phenoxy) is 1. The van der Waals surface area contributed by atoms with Gasteiger partial charge in [-0.15, -0.1) is 0 Å². The van der Waals surface area contributed by atoms with Gasteiger partial charge in [0.25, 0.3) is 5.91 Å². The number of amides is 1. The number of fused-ring (bicyclic) bond motifs is 1. The van der Waals surface area contributed by atoms with Crippen molar-refractivity contribution >= 4 is 28.5 Å². The number of nitrogens with one attached hydrogen (secondary N) is 1. The summed E-state index contributed by atoms with van der Waals surface area (Å²) >= 11 is 6.36. The molecule has 0 aliphatic carbocycles. The maximum atomic E-state index is 13.2. The molecule has 0 spiro atoms. The number of rotatable bonds is 7. The van der Waals surface area contributed by atoms with Crippen LogP contribution in [0.4, 0.5) is 0 Å². The number of carbonyl (C=O) groups is 1. The zero-order valence-electron chi connectivity index (χ0n) is 17.6. The van der Waals surface area contributed by atoms with Crippen molar-refractivity contribution in [2.75, 3.05) is 13.2 Å². The Hall–Kier alpha value is -3.57. The highest BCUT2D eigenvalue weighted by Crippen LogP contribution is 2.35. The second kappa shape index (κ2) is 9.71. The number of halogens is 1. The molecule has 0 saturated carbocycles. The third kappa shape index (κ3) is 4.84. The van der Waals surface area contributed by atoms with Crippen LogP contribution in [-0.2, 0) is 11.2 Å². The fourth-order valence-corrected chi connectivity index (χ4v) is 3.64. The van der Waals surface area contributed by atoms with Gasteiger partial charge in [-0.3, -0.25) is 9.59 Å². The summed E-state index contributed by atoms with van der Waals surface area (Å²) in [5.74, 6) is -0.155. The van der Waals surface area contributed by atoms with Crippen LogP contribution in [0.5, 0.6) is 5.75 Å². The van der Waals surface area contributed by atoms with Crippen molar-refractivity contribution in [3.63, 3.8) is 0 Å². The van der Waals surface area contributed by atoms with Crippen LogP contribution in [-0.4, -0.2) is 19.1 Å². The molecule has 4 aromatic rings. The van der Waals surface area contributed by atoms with Gasteiger partial charge in [-0.2, -0.15) is 0 Å². The second-order valence-electron chi connectivity index (χ2n) is 7.44. The molecule has 6 heteroatoms. The molecule has 0 aliphatic heterocycles. The Balaban J connectivity index is 1.58. The van der Waals surface area contributed by atoms with Crippen molar-refractivity contribution in [1.82, 2.24) is 5.32 Å². The maximum Gasteiger partial charge on any atom is 0.257 e. The predicted octanol–water partition coefficient (Wildman–Crippen LogP) is 5.16. The van der Waals surface area contributed by atoms with Crippen molar-refractivity contribution in [1.29, 1.82) is 0 Å². The first-order valence-corrected chi connectivity index (χ1v) is 10.7. The molecule has 3 aromatic carbocycles. The fourth-order valence-electron chi connectivity index (χ4n) is 3.42.